The van der Waals surface area contributed by atoms with Crippen LogP contribution in [0.1, 0.15) is 46.5 Å². The van der Waals surface area contributed by atoms with Gasteiger partial charge in [-0.25, -0.2) is 0 Å². The van der Waals surface area contributed by atoms with Crippen molar-refractivity contribution < 1.29 is 14.3 Å². The molecule has 0 aromatic heterocycles. The third-order valence-electron chi connectivity index (χ3n) is 4.91. The smallest absolute Gasteiger partial charge is 0.237 e. The lowest BCUT2D eigenvalue weighted by Gasteiger charge is -2.40. The molecule has 2 aliphatic heterocycles. The number of amides is 1. The molecule has 0 radical (unpaired) electrons. The lowest BCUT2D eigenvalue weighted by Crippen LogP contribution is -2.50. The van der Waals surface area contributed by atoms with Crippen molar-refractivity contribution in [2.24, 2.45) is 23.0 Å². The molecule has 3 N–H and O–H groups in total. The molecule has 3 unspecified atom stereocenters. The fraction of sp³-hybridized carbons (Fsp3) is 0.941. The van der Waals surface area contributed by atoms with Crippen LogP contribution in [0.3, 0.4) is 0 Å². The van der Waals surface area contributed by atoms with Crippen molar-refractivity contribution in [2.45, 2.75) is 58.6 Å². The van der Waals surface area contributed by atoms with Crippen molar-refractivity contribution in [1.82, 2.24) is 5.32 Å². The third kappa shape index (κ3) is 5.89. The maximum atomic E-state index is 12.3. The second-order valence-corrected chi connectivity index (χ2v) is 7.78. The lowest BCUT2D eigenvalue weighted by atomic mass is 9.78. The van der Waals surface area contributed by atoms with Gasteiger partial charge in [-0.1, -0.05) is 20.8 Å². The third-order valence-corrected chi connectivity index (χ3v) is 4.91. The van der Waals surface area contributed by atoms with Crippen molar-refractivity contribution in [2.75, 3.05) is 26.4 Å². The molecule has 0 spiro atoms. The molecule has 23 heavy (non-hydrogen) atoms. The molecule has 2 heterocycles. The summed E-state index contributed by atoms with van der Waals surface area (Å²) < 4.78 is 11.3. The topological polar surface area (TPSA) is 73.6 Å². The van der Waals surface area contributed by atoms with Gasteiger partial charge in [0.05, 0.1) is 12.1 Å². The van der Waals surface area contributed by atoms with E-state index in [2.05, 4.69) is 26.1 Å². The Balaban J connectivity index is 0.00000264. The number of carbonyl (C=O) groups excluding carboxylic acids is 1. The van der Waals surface area contributed by atoms with Gasteiger partial charge in [-0.3, -0.25) is 4.79 Å². The summed E-state index contributed by atoms with van der Waals surface area (Å²) in [6.45, 7) is 9.52. The Bertz CT molecular complexity index is 367. The Morgan fingerprint density at radius 1 is 1.22 bits per heavy atom. The molecule has 136 valence electrons. The Labute approximate surface area is 146 Å². The minimum atomic E-state index is -0.415. The van der Waals surface area contributed by atoms with Gasteiger partial charge >= 0.3 is 0 Å². The Kier molecular flexibility index (Phi) is 8.28. The number of hydrogen-bond donors (Lipinski definition) is 2. The molecule has 0 saturated carbocycles. The van der Waals surface area contributed by atoms with Crippen molar-refractivity contribution in [3.05, 3.63) is 0 Å². The van der Waals surface area contributed by atoms with E-state index in [1.54, 1.807) is 0 Å². The zero-order chi connectivity index (χ0) is 16.2. The van der Waals surface area contributed by atoms with Crippen LogP contribution in [0.15, 0.2) is 0 Å². The summed E-state index contributed by atoms with van der Waals surface area (Å²) in [4.78, 5) is 12.3. The van der Waals surface area contributed by atoms with Crippen molar-refractivity contribution in [1.29, 1.82) is 0 Å². The van der Waals surface area contributed by atoms with E-state index in [1.807, 2.05) is 0 Å². The first kappa shape index (κ1) is 20.7. The minimum absolute atomic E-state index is 0. The molecule has 2 fully saturated rings. The molecule has 0 aliphatic carbocycles. The summed E-state index contributed by atoms with van der Waals surface area (Å²) in [5.41, 5.74) is 6.23. The van der Waals surface area contributed by atoms with E-state index < -0.39 is 6.04 Å². The van der Waals surface area contributed by atoms with Gasteiger partial charge in [0.1, 0.15) is 0 Å². The predicted octanol–water partition coefficient (Wildman–Crippen LogP) is 2.12. The molecule has 2 aliphatic rings. The van der Waals surface area contributed by atoms with Gasteiger partial charge in [-0.05, 0) is 37.0 Å². The number of halogens is 1. The number of ether oxygens (including phenoxy) is 2. The Hall–Kier alpha value is -0.360. The highest BCUT2D eigenvalue weighted by Crippen LogP contribution is 2.33. The van der Waals surface area contributed by atoms with E-state index in [0.29, 0.717) is 25.7 Å². The van der Waals surface area contributed by atoms with Crippen LogP contribution in [0.25, 0.3) is 0 Å². The average Bonchev–Trinajstić information content (AvgIpc) is 2.52. The zero-order valence-electron chi connectivity index (χ0n) is 14.7. The molecule has 2 rings (SSSR count). The number of nitrogens with two attached hydrogens (primary N) is 1. The van der Waals surface area contributed by atoms with Crippen LogP contribution in [0.4, 0.5) is 0 Å². The van der Waals surface area contributed by atoms with Crippen LogP contribution in [0, 0.1) is 17.3 Å². The van der Waals surface area contributed by atoms with Gasteiger partial charge in [-0.15, -0.1) is 12.4 Å². The van der Waals surface area contributed by atoms with Crippen molar-refractivity contribution >= 4 is 18.3 Å². The molecule has 0 bridgehead atoms. The Morgan fingerprint density at radius 2 is 1.87 bits per heavy atom. The summed E-state index contributed by atoms with van der Waals surface area (Å²) >= 11 is 0. The average molecular weight is 349 g/mol. The highest BCUT2D eigenvalue weighted by atomic mass is 35.5. The number of nitrogens with one attached hydrogen (secondary N) is 1. The quantitative estimate of drug-likeness (QED) is 0.816. The number of hydrogen-bond acceptors (Lipinski definition) is 4. The summed E-state index contributed by atoms with van der Waals surface area (Å²) in [6, 6.07) is -0.415. The van der Waals surface area contributed by atoms with Crippen LogP contribution >= 0.6 is 12.4 Å². The van der Waals surface area contributed by atoms with Crippen molar-refractivity contribution in [3.8, 4) is 0 Å². The Morgan fingerprint density at radius 3 is 2.48 bits per heavy atom. The van der Waals surface area contributed by atoms with Gasteiger partial charge in [0.25, 0.3) is 0 Å². The van der Waals surface area contributed by atoms with E-state index in [1.165, 1.54) is 0 Å². The predicted molar refractivity (Wildman–Crippen MR) is 93.7 cm³/mol. The second-order valence-electron chi connectivity index (χ2n) is 7.78. The molecular weight excluding hydrogens is 316 g/mol. The molecule has 6 heteroatoms. The van der Waals surface area contributed by atoms with E-state index in [-0.39, 0.29) is 35.8 Å². The molecule has 2 saturated heterocycles. The normalized spacial score (nSPS) is 27.8. The van der Waals surface area contributed by atoms with E-state index >= 15 is 0 Å². The van der Waals surface area contributed by atoms with Crippen LogP contribution < -0.4 is 11.1 Å². The molecule has 1 amide bonds. The first-order valence-electron chi connectivity index (χ1n) is 8.62. The van der Waals surface area contributed by atoms with E-state index in [9.17, 15) is 4.79 Å². The monoisotopic (exact) mass is 348 g/mol. The van der Waals surface area contributed by atoms with Crippen LogP contribution in [-0.4, -0.2) is 44.4 Å². The van der Waals surface area contributed by atoms with E-state index in [4.69, 9.17) is 15.2 Å². The number of carbonyl (C=O) groups is 1. The standard InChI is InChI=1S/C17H32N2O3.ClH/c1-17(2,3)15-13(5-4-8-22-15)11-19-16(20)14(18)12-6-9-21-10-7-12;/h12-15H,4-11,18H2,1-3H3,(H,19,20);1H. The van der Waals surface area contributed by atoms with Gasteiger partial charge in [0.15, 0.2) is 0 Å². The van der Waals surface area contributed by atoms with Gasteiger partial charge in [0, 0.05) is 32.3 Å². The van der Waals surface area contributed by atoms with E-state index in [0.717, 1.165) is 32.3 Å². The van der Waals surface area contributed by atoms with Gasteiger partial charge in [0.2, 0.25) is 5.91 Å². The molecule has 5 nitrogen and oxygen atoms in total. The van der Waals surface area contributed by atoms with Gasteiger partial charge in [-0.2, -0.15) is 0 Å². The molecular formula is C17H33ClN2O3. The van der Waals surface area contributed by atoms with Crippen LogP contribution in [-0.2, 0) is 14.3 Å². The fourth-order valence-electron chi connectivity index (χ4n) is 3.65. The summed E-state index contributed by atoms with van der Waals surface area (Å²) in [5, 5.41) is 3.07. The minimum Gasteiger partial charge on any atom is -0.381 e. The van der Waals surface area contributed by atoms with Crippen LogP contribution in [0.5, 0.6) is 0 Å². The molecule has 3 atom stereocenters. The molecule has 0 aromatic carbocycles. The fourth-order valence-corrected chi connectivity index (χ4v) is 3.65. The highest BCUT2D eigenvalue weighted by molar-refractivity contribution is 5.85. The van der Waals surface area contributed by atoms with Crippen molar-refractivity contribution in [3.63, 3.8) is 0 Å². The summed E-state index contributed by atoms with van der Waals surface area (Å²) in [5.74, 6) is 0.597. The maximum absolute atomic E-state index is 12.3. The second kappa shape index (κ2) is 9.21. The largest absolute Gasteiger partial charge is 0.381 e. The maximum Gasteiger partial charge on any atom is 0.237 e. The first-order valence-corrected chi connectivity index (χ1v) is 8.62. The van der Waals surface area contributed by atoms with Crippen LogP contribution in [0.2, 0.25) is 0 Å². The molecule has 0 aromatic rings. The summed E-state index contributed by atoms with van der Waals surface area (Å²) in [7, 11) is 0. The number of rotatable bonds is 4. The first-order chi connectivity index (χ1) is 10.4. The van der Waals surface area contributed by atoms with Gasteiger partial charge < -0.3 is 20.5 Å². The summed E-state index contributed by atoms with van der Waals surface area (Å²) in [6.07, 6.45) is 4.13. The SMILES string of the molecule is CC(C)(C)C1OCCCC1CNC(=O)C(N)C1CCOCC1.Cl. The zero-order valence-corrected chi connectivity index (χ0v) is 15.5. The lowest BCUT2D eigenvalue weighted by molar-refractivity contribution is -0.126. The highest BCUT2D eigenvalue weighted by Gasteiger charge is 2.36.